The Balaban J connectivity index is 1.78. The number of hydrogen-bond donors (Lipinski definition) is 1. The molecular weight excluding hydrogens is 345 g/mol. The van der Waals surface area contributed by atoms with Crippen molar-refractivity contribution in [1.29, 1.82) is 0 Å². The van der Waals surface area contributed by atoms with Crippen molar-refractivity contribution in [2.45, 2.75) is 13.1 Å². The zero-order valence-electron chi connectivity index (χ0n) is 12.7. The number of rotatable bonds is 6. The third-order valence-electron chi connectivity index (χ3n) is 3.60. The second kappa shape index (κ2) is 7.51. The van der Waals surface area contributed by atoms with E-state index in [9.17, 15) is 4.79 Å². The second-order valence-electron chi connectivity index (χ2n) is 5.45. The Morgan fingerprint density at radius 1 is 1.00 bits per heavy atom. The number of hydrogen-bond acceptors (Lipinski definition) is 2. The van der Waals surface area contributed by atoms with Crippen LogP contribution in [0.1, 0.15) is 11.1 Å². The van der Waals surface area contributed by atoms with Crippen LogP contribution >= 0.6 is 23.2 Å². The average molecular weight is 360 g/mol. The van der Waals surface area contributed by atoms with E-state index in [1.54, 1.807) is 17.4 Å². The number of aromatic amines is 1. The minimum atomic E-state index is 0.466. The van der Waals surface area contributed by atoms with Gasteiger partial charge in [-0.2, -0.15) is 0 Å². The van der Waals surface area contributed by atoms with E-state index in [1.165, 1.54) is 0 Å². The van der Waals surface area contributed by atoms with E-state index in [4.69, 9.17) is 23.2 Å². The molecule has 3 aromatic rings. The van der Waals surface area contributed by atoms with Gasteiger partial charge >= 0.3 is 0 Å². The van der Waals surface area contributed by atoms with Gasteiger partial charge in [-0.05, 0) is 41.5 Å². The molecule has 1 amide bonds. The zero-order valence-corrected chi connectivity index (χ0v) is 14.3. The summed E-state index contributed by atoms with van der Waals surface area (Å²) in [5.74, 6) is 0. The monoisotopic (exact) mass is 359 g/mol. The SMILES string of the molecule is O=CN(Cc1ccc(Cl)cc1)Cc1cc(Cl)cc(-c2cnc[nH]2)c1. The Kier molecular flexibility index (Phi) is 5.18. The molecule has 0 aliphatic rings. The summed E-state index contributed by atoms with van der Waals surface area (Å²) in [5.41, 5.74) is 3.79. The molecule has 0 saturated heterocycles. The summed E-state index contributed by atoms with van der Waals surface area (Å²) in [7, 11) is 0. The summed E-state index contributed by atoms with van der Waals surface area (Å²) in [5, 5.41) is 1.30. The molecule has 1 N–H and O–H groups in total. The first kappa shape index (κ1) is 16.6. The van der Waals surface area contributed by atoms with Crippen LogP contribution in [0.5, 0.6) is 0 Å². The Labute approximate surface area is 150 Å². The predicted molar refractivity (Wildman–Crippen MR) is 95.8 cm³/mol. The lowest BCUT2D eigenvalue weighted by Crippen LogP contribution is -2.20. The molecule has 0 radical (unpaired) electrons. The Morgan fingerprint density at radius 3 is 2.42 bits per heavy atom. The molecule has 0 aliphatic carbocycles. The number of benzene rings is 2. The normalized spacial score (nSPS) is 10.6. The van der Waals surface area contributed by atoms with Gasteiger partial charge in [0, 0.05) is 28.7 Å². The van der Waals surface area contributed by atoms with Crippen molar-refractivity contribution in [3.8, 4) is 11.3 Å². The predicted octanol–water partition coefficient (Wildman–Crippen LogP) is 4.54. The van der Waals surface area contributed by atoms with Gasteiger partial charge in [-0.1, -0.05) is 35.3 Å². The van der Waals surface area contributed by atoms with Crippen LogP contribution < -0.4 is 0 Å². The van der Waals surface area contributed by atoms with Crippen LogP contribution in [0.15, 0.2) is 55.0 Å². The molecule has 0 fully saturated rings. The molecule has 1 aromatic heterocycles. The lowest BCUT2D eigenvalue weighted by atomic mass is 10.1. The maximum absolute atomic E-state index is 11.4. The topological polar surface area (TPSA) is 49.0 Å². The van der Waals surface area contributed by atoms with Gasteiger partial charge in [0.15, 0.2) is 0 Å². The van der Waals surface area contributed by atoms with Gasteiger partial charge in [-0.25, -0.2) is 4.98 Å². The van der Waals surface area contributed by atoms with E-state index in [0.717, 1.165) is 28.8 Å². The molecule has 0 saturated carbocycles. The van der Waals surface area contributed by atoms with E-state index in [1.807, 2.05) is 42.5 Å². The number of imidazole rings is 1. The number of H-pyrrole nitrogens is 1. The Hall–Kier alpha value is -2.30. The molecule has 1 heterocycles. The highest BCUT2D eigenvalue weighted by Gasteiger charge is 2.08. The molecule has 0 atom stereocenters. The average Bonchev–Trinajstić information content (AvgIpc) is 3.10. The van der Waals surface area contributed by atoms with Crippen molar-refractivity contribution < 1.29 is 4.79 Å². The highest BCUT2D eigenvalue weighted by Crippen LogP contribution is 2.24. The zero-order chi connectivity index (χ0) is 16.9. The van der Waals surface area contributed by atoms with Gasteiger partial charge in [0.25, 0.3) is 0 Å². The lowest BCUT2D eigenvalue weighted by Gasteiger charge is -2.18. The van der Waals surface area contributed by atoms with E-state index in [0.29, 0.717) is 23.1 Å². The quantitative estimate of drug-likeness (QED) is 0.656. The summed E-state index contributed by atoms with van der Waals surface area (Å²) in [6, 6.07) is 13.2. The molecule has 122 valence electrons. The number of amides is 1. The van der Waals surface area contributed by atoms with Crippen molar-refractivity contribution in [3.63, 3.8) is 0 Å². The Bertz CT molecular complexity index is 817. The van der Waals surface area contributed by atoms with Gasteiger partial charge < -0.3 is 9.88 Å². The van der Waals surface area contributed by atoms with Gasteiger partial charge in [0.2, 0.25) is 6.41 Å². The summed E-state index contributed by atoms with van der Waals surface area (Å²) in [6.45, 7) is 0.973. The van der Waals surface area contributed by atoms with Gasteiger partial charge in [-0.3, -0.25) is 4.79 Å². The summed E-state index contributed by atoms with van der Waals surface area (Å²) >= 11 is 12.1. The van der Waals surface area contributed by atoms with Crippen LogP contribution in [0, 0.1) is 0 Å². The first-order valence-electron chi connectivity index (χ1n) is 7.36. The third kappa shape index (κ3) is 4.16. The molecule has 6 heteroatoms. The van der Waals surface area contributed by atoms with Crippen molar-refractivity contribution in [2.75, 3.05) is 0 Å². The number of carbonyl (C=O) groups is 1. The van der Waals surface area contributed by atoms with Gasteiger partial charge in [-0.15, -0.1) is 0 Å². The van der Waals surface area contributed by atoms with E-state index in [2.05, 4.69) is 9.97 Å². The molecule has 0 spiro atoms. The van der Waals surface area contributed by atoms with Crippen molar-refractivity contribution in [2.24, 2.45) is 0 Å². The van der Waals surface area contributed by atoms with Crippen LogP contribution in [0.3, 0.4) is 0 Å². The van der Waals surface area contributed by atoms with Crippen molar-refractivity contribution in [3.05, 3.63) is 76.2 Å². The van der Waals surface area contributed by atoms with Crippen LogP contribution in [-0.4, -0.2) is 21.3 Å². The fraction of sp³-hybridized carbons (Fsp3) is 0.111. The standard InChI is InChI=1S/C18H15Cl2N3O/c19-16-3-1-13(2-4-16)9-23(12-24)10-14-5-15(7-17(20)6-14)18-8-21-11-22-18/h1-8,11-12H,9-10H2,(H,21,22). The third-order valence-corrected chi connectivity index (χ3v) is 4.07. The maximum Gasteiger partial charge on any atom is 0.210 e. The molecule has 0 unspecified atom stereocenters. The number of nitrogens with one attached hydrogen (secondary N) is 1. The Morgan fingerprint density at radius 2 is 1.75 bits per heavy atom. The minimum Gasteiger partial charge on any atom is -0.345 e. The smallest absolute Gasteiger partial charge is 0.210 e. The number of carbonyl (C=O) groups excluding carboxylic acids is 1. The number of halogens is 2. The number of aromatic nitrogens is 2. The van der Waals surface area contributed by atoms with Gasteiger partial charge in [0.1, 0.15) is 0 Å². The molecule has 0 bridgehead atoms. The van der Waals surface area contributed by atoms with Crippen LogP contribution in [0.25, 0.3) is 11.3 Å². The first-order valence-corrected chi connectivity index (χ1v) is 8.11. The molecule has 3 rings (SSSR count). The summed E-state index contributed by atoms with van der Waals surface area (Å²) in [4.78, 5) is 20.2. The number of nitrogens with zero attached hydrogens (tertiary/aromatic N) is 2. The molecule has 4 nitrogen and oxygen atoms in total. The molecular formula is C18H15Cl2N3O. The molecule has 0 aliphatic heterocycles. The summed E-state index contributed by atoms with van der Waals surface area (Å²) in [6.07, 6.45) is 4.19. The van der Waals surface area contributed by atoms with Crippen molar-refractivity contribution in [1.82, 2.24) is 14.9 Å². The molecule has 2 aromatic carbocycles. The minimum absolute atomic E-state index is 0.466. The summed E-state index contributed by atoms with van der Waals surface area (Å²) < 4.78 is 0. The largest absolute Gasteiger partial charge is 0.345 e. The highest BCUT2D eigenvalue weighted by atomic mass is 35.5. The second-order valence-corrected chi connectivity index (χ2v) is 6.32. The molecule has 24 heavy (non-hydrogen) atoms. The van der Waals surface area contributed by atoms with E-state index in [-0.39, 0.29) is 0 Å². The van der Waals surface area contributed by atoms with Crippen LogP contribution in [0.4, 0.5) is 0 Å². The lowest BCUT2D eigenvalue weighted by molar-refractivity contribution is -0.119. The fourth-order valence-electron chi connectivity index (χ4n) is 2.50. The fourth-order valence-corrected chi connectivity index (χ4v) is 2.88. The van der Waals surface area contributed by atoms with E-state index < -0.39 is 0 Å². The van der Waals surface area contributed by atoms with Crippen molar-refractivity contribution >= 4 is 29.6 Å². The highest BCUT2D eigenvalue weighted by molar-refractivity contribution is 6.31. The van der Waals surface area contributed by atoms with Gasteiger partial charge in [0.05, 0.1) is 18.2 Å². The maximum atomic E-state index is 11.4. The van der Waals surface area contributed by atoms with Crippen LogP contribution in [-0.2, 0) is 17.9 Å². The van der Waals surface area contributed by atoms with E-state index >= 15 is 0 Å². The first-order chi connectivity index (χ1) is 11.6. The van der Waals surface area contributed by atoms with Crippen LogP contribution in [0.2, 0.25) is 10.0 Å².